The Morgan fingerprint density at radius 2 is 1.59 bits per heavy atom. The highest BCUT2D eigenvalue weighted by Gasteiger charge is 2.43. The van der Waals surface area contributed by atoms with Crippen LogP contribution in [-0.4, -0.2) is 94.3 Å². The van der Waals surface area contributed by atoms with Crippen LogP contribution >= 0.6 is 0 Å². The van der Waals surface area contributed by atoms with Crippen LogP contribution in [0, 0.1) is 18.3 Å². The predicted molar refractivity (Wildman–Crippen MR) is 219 cm³/mol. The number of nitrogens with one attached hydrogen (secondary N) is 3. The maximum absolute atomic E-state index is 13.2. The largest absolute Gasteiger partial charge is 0.342 e. The lowest BCUT2D eigenvalue weighted by molar-refractivity contribution is -0.137. The van der Waals surface area contributed by atoms with E-state index in [4.69, 9.17) is 4.79 Å². The first kappa shape index (κ1) is 44.1. The first-order valence-electron chi connectivity index (χ1n) is 20.2. The lowest BCUT2D eigenvalue weighted by atomic mass is 9.77. The molecule has 6 rings (SSSR count). The lowest BCUT2D eigenvalue weighted by Crippen LogP contribution is -2.50. The minimum atomic E-state index is -0.138. The number of H-pyrrole nitrogens is 1. The number of hydrogen-bond donors (Lipinski definition) is 3. The summed E-state index contributed by atoms with van der Waals surface area (Å²) in [4.78, 5) is 52.7. The summed E-state index contributed by atoms with van der Waals surface area (Å²) in [6, 6.07) is 12.6. The van der Waals surface area contributed by atoms with Crippen LogP contribution in [0.25, 0.3) is 10.9 Å². The second-order valence-electron chi connectivity index (χ2n) is 14.9. The van der Waals surface area contributed by atoms with Gasteiger partial charge in [-0.1, -0.05) is 71.7 Å². The van der Waals surface area contributed by atoms with Crippen molar-refractivity contribution in [2.75, 3.05) is 38.5 Å². The van der Waals surface area contributed by atoms with Crippen LogP contribution in [0.15, 0.2) is 42.6 Å². The summed E-state index contributed by atoms with van der Waals surface area (Å²) in [5.41, 5.74) is 5.78. The molecule has 0 saturated carbocycles. The summed E-state index contributed by atoms with van der Waals surface area (Å²) in [6.07, 6.45) is 10.8. The minimum Gasteiger partial charge on any atom is -0.342 e. The van der Waals surface area contributed by atoms with Crippen LogP contribution in [0.5, 0.6) is 0 Å². The molecule has 3 N–H and O–H groups in total. The van der Waals surface area contributed by atoms with Gasteiger partial charge in [0, 0.05) is 55.8 Å². The normalized spacial score (nSPS) is 16.9. The van der Waals surface area contributed by atoms with Gasteiger partial charge in [0.25, 0.3) is 0 Å². The van der Waals surface area contributed by atoms with Crippen LogP contribution in [-0.2, 0) is 27.3 Å². The van der Waals surface area contributed by atoms with Crippen LogP contribution in [0.2, 0.25) is 0 Å². The van der Waals surface area contributed by atoms with E-state index in [-0.39, 0.29) is 35.2 Å². The van der Waals surface area contributed by atoms with Gasteiger partial charge in [-0.05, 0) is 101 Å². The van der Waals surface area contributed by atoms with Gasteiger partial charge in [-0.3, -0.25) is 14.7 Å². The fourth-order valence-corrected chi connectivity index (χ4v) is 7.95. The molecule has 2 atom stereocenters. The van der Waals surface area contributed by atoms with Crippen LogP contribution in [0.4, 0.5) is 10.5 Å². The van der Waals surface area contributed by atoms with Crippen LogP contribution in [0.1, 0.15) is 110 Å². The topological polar surface area (TPSA) is 131 Å². The Bertz CT molecular complexity index is 1640. The van der Waals surface area contributed by atoms with Crippen molar-refractivity contribution in [2.24, 2.45) is 11.3 Å². The number of likely N-dealkylation sites (N-methyl/N-ethyl adjacent to an activating group) is 1. The average Bonchev–Trinajstić information content (AvgIpc) is 3.83. The molecule has 1 spiro atoms. The molecular formula is C43H67N7O4. The molecule has 3 aliphatic rings. The molecule has 0 bridgehead atoms. The number of hydrogen-bond acceptors (Lipinski definition) is 6. The third-order valence-corrected chi connectivity index (χ3v) is 11.0. The van der Waals surface area contributed by atoms with Gasteiger partial charge in [-0.2, -0.15) is 5.10 Å². The molecule has 3 aromatic rings. The number of urea groups is 1. The van der Waals surface area contributed by atoms with Gasteiger partial charge in [-0.15, -0.1) is 0 Å². The Balaban J connectivity index is 0.000000289. The highest BCUT2D eigenvalue weighted by molar-refractivity contribution is 5.92. The number of carbonyl (C=O) groups excluding carboxylic acids is 4. The van der Waals surface area contributed by atoms with E-state index in [0.717, 1.165) is 107 Å². The number of fused-ring (bicyclic) bond motifs is 2. The number of para-hydroxylation sites is 1. The number of amides is 4. The molecule has 3 aliphatic heterocycles. The van der Waals surface area contributed by atoms with Gasteiger partial charge in [0.1, 0.15) is 6.29 Å². The molecule has 0 aliphatic carbocycles. The van der Waals surface area contributed by atoms with E-state index in [1.54, 1.807) is 0 Å². The van der Waals surface area contributed by atoms with E-state index in [2.05, 4.69) is 64.7 Å². The summed E-state index contributed by atoms with van der Waals surface area (Å²) >= 11 is 0. The molecule has 0 radical (unpaired) electrons. The second kappa shape index (κ2) is 21.6. The van der Waals surface area contributed by atoms with Crippen LogP contribution in [0.3, 0.4) is 0 Å². The third kappa shape index (κ3) is 11.4. The molecule has 4 amide bonds. The number of benzene rings is 2. The summed E-state index contributed by atoms with van der Waals surface area (Å²) < 4.78 is 0. The zero-order valence-corrected chi connectivity index (χ0v) is 34.5. The standard InChI is InChI=1S/C24H35N5O2.C15H22N2O.C2H4O.C2H6/c1-16-11-19(13-20-14-26-27-21(16)20)12-17(2)22(30)29-10-7-24(15-29)5-8-28(9-6-24)23(31)18(3)25-4;1-3-7-13(8-4-2)17-11-12-9-5-6-10-14(12)16-15(17)18;1-2-3;1-2/h11,13-14,17-18,25H,5-10,12,15H2,1-4H3,(H,26,27);5-6,9-10,13H,3-4,7-8,11H2,1-2H3,(H,16,18);2H,1H3;1-2H3/t17?,18-;;;/m1.../s1. The highest BCUT2D eigenvalue weighted by Crippen LogP contribution is 2.41. The predicted octanol–water partition coefficient (Wildman–Crippen LogP) is 7.73. The zero-order chi connectivity index (χ0) is 39.8. The number of rotatable bonds is 10. The average molecular weight is 746 g/mol. The number of carbonyl (C=O) groups is 4. The van der Waals surface area contributed by atoms with Gasteiger partial charge in [0.15, 0.2) is 0 Å². The number of likely N-dealkylation sites (tertiary alicyclic amines) is 2. The molecule has 298 valence electrons. The van der Waals surface area contributed by atoms with Crippen molar-refractivity contribution in [3.05, 3.63) is 59.3 Å². The molecule has 11 nitrogen and oxygen atoms in total. The Labute approximate surface area is 324 Å². The number of aromatic amines is 1. The first-order valence-corrected chi connectivity index (χ1v) is 20.2. The summed E-state index contributed by atoms with van der Waals surface area (Å²) in [5.74, 6) is 0.392. The second-order valence-corrected chi connectivity index (χ2v) is 14.9. The van der Waals surface area contributed by atoms with Crippen molar-refractivity contribution < 1.29 is 19.2 Å². The third-order valence-electron chi connectivity index (χ3n) is 11.0. The van der Waals surface area contributed by atoms with E-state index < -0.39 is 0 Å². The summed E-state index contributed by atoms with van der Waals surface area (Å²) in [7, 11) is 1.82. The SMILES string of the molecule is CC.CC=O.CCCC(CCC)N1Cc2ccccc2NC1=O.CN[C@H](C)C(=O)N1CCC2(CCN(C(=O)C(C)Cc3cc(C)c4[nH]ncc4c3)C2)CC1. The number of nitrogens with zero attached hydrogens (tertiary/aromatic N) is 4. The monoisotopic (exact) mass is 746 g/mol. The van der Waals surface area contributed by atoms with E-state index in [0.29, 0.717) is 6.04 Å². The van der Waals surface area contributed by atoms with E-state index in [9.17, 15) is 14.4 Å². The molecular weight excluding hydrogens is 679 g/mol. The summed E-state index contributed by atoms with van der Waals surface area (Å²) in [6.45, 7) is 19.8. The van der Waals surface area contributed by atoms with Gasteiger partial charge >= 0.3 is 6.03 Å². The molecule has 1 aromatic heterocycles. The van der Waals surface area contributed by atoms with Crippen molar-refractivity contribution in [3.63, 3.8) is 0 Å². The first-order chi connectivity index (χ1) is 26.0. The lowest BCUT2D eigenvalue weighted by Gasteiger charge is -2.40. The zero-order valence-electron chi connectivity index (χ0n) is 34.5. The van der Waals surface area contributed by atoms with Crippen LogP contribution < -0.4 is 10.6 Å². The molecule has 54 heavy (non-hydrogen) atoms. The van der Waals surface area contributed by atoms with Gasteiger partial charge in [0.2, 0.25) is 11.8 Å². The van der Waals surface area contributed by atoms with E-state index in [1.807, 2.05) is 68.9 Å². The molecule has 11 heteroatoms. The Morgan fingerprint density at radius 3 is 2.20 bits per heavy atom. The minimum absolute atomic E-state index is 0.0444. The molecule has 2 saturated heterocycles. The number of aldehydes is 1. The molecule has 2 aromatic carbocycles. The number of aromatic nitrogens is 2. The highest BCUT2D eigenvalue weighted by atomic mass is 16.2. The fourth-order valence-electron chi connectivity index (χ4n) is 7.95. The smallest absolute Gasteiger partial charge is 0.322 e. The Morgan fingerprint density at radius 1 is 0.981 bits per heavy atom. The molecule has 2 fully saturated rings. The Kier molecular flexibility index (Phi) is 17.7. The van der Waals surface area contributed by atoms with E-state index in [1.165, 1.54) is 23.6 Å². The van der Waals surface area contributed by atoms with Gasteiger partial charge in [-0.25, -0.2) is 4.79 Å². The molecule has 1 unspecified atom stereocenters. The molecule has 4 heterocycles. The maximum atomic E-state index is 13.2. The number of piperidine rings is 1. The van der Waals surface area contributed by atoms with E-state index >= 15 is 0 Å². The van der Waals surface area contributed by atoms with Crippen molar-refractivity contribution in [1.29, 1.82) is 0 Å². The van der Waals surface area contributed by atoms with Crippen molar-refractivity contribution in [3.8, 4) is 0 Å². The number of aryl methyl sites for hydroxylation is 1. The quantitative estimate of drug-likeness (QED) is 0.182. The van der Waals surface area contributed by atoms with Crippen molar-refractivity contribution >= 4 is 40.7 Å². The van der Waals surface area contributed by atoms with Gasteiger partial charge < -0.3 is 30.1 Å². The number of anilines is 1. The summed E-state index contributed by atoms with van der Waals surface area (Å²) in [5, 5.41) is 14.3. The fraction of sp³-hybridized carbons (Fsp3) is 0.605. The maximum Gasteiger partial charge on any atom is 0.322 e. The van der Waals surface area contributed by atoms with Crippen molar-refractivity contribution in [2.45, 2.75) is 125 Å². The van der Waals surface area contributed by atoms with Crippen molar-refractivity contribution in [1.82, 2.24) is 30.2 Å². The van der Waals surface area contributed by atoms with Gasteiger partial charge in [0.05, 0.1) is 17.8 Å². The Hall–Kier alpha value is -4.25.